The van der Waals surface area contributed by atoms with E-state index in [9.17, 15) is 9.50 Å². The van der Waals surface area contributed by atoms with Crippen LogP contribution in [0.1, 0.15) is 25.2 Å². The maximum atomic E-state index is 13.3. The van der Waals surface area contributed by atoms with Gasteiger partial charge in [0.2, 0.25) is 0 Å². The van der Waals surface area contributed by atoms with Gasteiger partial charge in [0.1, 0.15) is 17.2 Å². The van der Waals surface area contributed by atoms with Crippen LogP contribution in [0.2, 0.25) is 0 Å². The highest BCUT2D eigenvalue weighted by atomic mass is 19.1. The van der Waals surface area contributed by atoms with Crippen LogP contribution >= 0.6 is 0 Å². The third-order valence-corrected chi connectivity index (χ3v) is 3.59. The summed E-state index contributed by atoms with van der Waals surface area (Å²) in [5.41, 5.74) is -0.343. The molecule has 24 heavy (non-hydrogen) atoms. The molecule has 0 amide bonds. The van der Waals surface area contributed by atoms with Gasteiger partial charge in [-0.2, -0.15) is 0 Å². The average Bonchev–Trinajstić information content (AvgIpc) is 3.06. The second kappa shape index (κ2) is 7.97. The van der Waals surface area contributed by atoms with Crippen LogP contribution in [0.15, 0.2) is 52.1 Å². The van der Waals surface area contributed by atoms with E-state index in [-0.39, 0.29) is 12.4 Å². The van der Waals surface area contributed by atoms with E-state index in [2.05, 4.69) is 10.3 Å². The molecule has 130 valence electrons. The van der Waals surface area contributed by atoms with Crippen LogP contribution in [0.25, 0.3) is 0 Å². The quantitative estimate of drug-likeness (QED) is 0.630. The predicted molar refractivity (Wildman–Crippen MR) is 92.1 cm³/mol. The molecule has 0 aliphatic heterocycles. The van der Waals surface area contributed by atoms with Crippen LogP contribution < -0.4 is 5.32 Å². The number of rotatable bonds is 6. The summed E-state index contributed by atoms with van der Waals surface area (Å²) in [6, 6.07) is 9.92. The van der Waals surface area contributed by atoms with E-state index in [1.165, 1.54) is 18.4 Å². The Labute approximate surface area is 141 Å². The summed E-state index contributed by atoms with van der Waals surface area (Å²) >= 11 is 0. The highest BCUT2D eigenvalue weighted by Crippen LogP contribution is 2.21. The van der Waals surface area contributed by atoms with Crippen LogP contribution in [-0.2, 0) is 12.1 Å². The molecule has 0 saturated heterocycles. The van der Waals surface area contributed by atoms with E-state index < -0.39 is 5.60 Å². The van der Waals surface area contributed by atoms with Crippen molar-refractivity contribution in [1.82, 2.24) is 10.2 Å². The summed E-state index contributed by atoms with van der Waals surface area (Å²) in [5.74, 6) is 0.840. The molecule has 1 unspecified atom stereocenters. The van der Waals surface area contributed by atoms with Gasteiger partial charge in [-0.25, -0.2) is 9.38 Å². The molecule has 0 fully saturated rings. The van der Waals surface area contributed by atoms with E-state index in [1.807, 2.05) is 24.9 Å². The molecule has 2 N–H and O–H groups in total. The van der Waals surface area contributed by atoms with Gasteiger partial charge in [-0.15, -0.1) is 0 Å². The maximum Gasteiger partial charge on any atom is 0.194 e. The lowest BCUT2D eigenvalue weighted by Gasteiger charge is -2.24. The number of guanidine groups is 1. The lowest BCUT2D eigenvalue weighted by atomic mass is 10.0. The minimum atomic E-state index is -1.19. The number of halogens is 1. The normalized spacial score (nSPS) is 14.3. The van der Waals surface area contributed by atoms with Crippen LogP contribution in [-0.4, -0.2) is 36.1 Å². The molecule has 1 aromatic heterocycles. The Bertz CT molecular complexity index is 669. The molecule has 2 aromatic rings. The molecule has 0 saturated carbocycles. The summed E-state index contributed by atoms with van der Waals surface area (Å²) in [5, 5.41) is 13.7. The van der Waals surface area contributed by atoms with Crippen molar-refractivity contribution in [2.45, 2.75) is 26.0 Å². The van der Waals surface area contributed by atoms with Crippen molar-refractivity contribution in [3.63, 3.8) is 0 Å². The lowest BCUT2D eigenvalue weighted by molar-refractivity contribution is 0.0435. The predicted octanol–water partition coefficient (Wildman–Crippen LogP) is 2.72. The van der Waals surface area contributed by atoms with Crippen LogP contribution in [0.3, 0.4) is 0 Å². The number of nitrogens with one attached hydrogen (secondary N) is 1. The number of hydrogen-bond acceptors (Lipinski definition) is 3. The first-order valence-electron chi connectivity index (χ1n) is 7.92. The van der Waals surface area contributed by atoms with Crippen LogP contribution in [0, 0.1) is 5.82 Å². The molecule has 6 heteroatoms. The second-order valence-electron chi connectivity index (χ2n) is 5.91. The van der Waals surface area contributed by atoms with Crippen molar-refractivity contribution >= 4 is 5.96 Å². The first-order chi connectivity index (χ1) is 11.4. The monoisotopic (exact) mass is 333 g/mol. The van der Waals surface area contributed by atoms with Gasteiger partial charge in [0.15, 0.2) is 5.96 Å². The summed E-state index contributed by atoms with van der Waals surface area (Å²) in [6.45, 7) is 4.97. The molecule has 0 aliphatic carbocycles. The van der Waals surface area contributed by atoms with Gasteiger partial charge in [0, 0.05) is 20.1 Å². The van der Waals surface area contributed by atoms with Crippen molar-refractivity contribution in [3.8, 4) is 0 Å². The molecule has 0 radical (unpaired) electrons. The van der Waals surface area contributed by atoms with Crippen molar-refractivity contribution in [1.29, 1.82) is 0 Å². The Kier molecular flexibility index (Phi) is 5.98. The van der Waals surface area contributed by atoms with Crippen molar-refractivity contribution < 1.29 is 13.9 Å². The fourth-order valence-corrected chi connectivity index (χ4v) is 2.35. The van der Waals surface area contributed by atoms with Gasteiger partial charge >= 0.3 is 0 Å². The lowest BCUT2D eigenvalue weighted by Crippen LogP contribution is -2.39. The largest absolute Gasteiger partial charge is 0.466 e. The molecule has 1 aromatic carbocycles. The number of nitrogens with zero attached hydrogens (tertiary/aromatic N) is 2. The van der Waals surface area contributed by atoms with Gasteiger partial charge in [-0.3, -0.25) is 0 Å². The van der Waals surface area contributed by atoms with Crippen molar-refractivity contribution in [3.05, 3.63) is 59.8 Å². The average molecular weight is 333 g/mol. The highest BCUT2D eigenvalue weighted by molar-refractivity contribution is 5.79. The molecule has 2 rings (SSSR count). The zero-order valence-corrected chi connectivity index (χ0v) is 14.3. The van der Waals surface area contributed by atoms with Gasteiger partial charge in [-0.1, -0.05) is 12.1 Å². The molecule has 0 bridgehead atoms. The first kappa shape index (κ1) is 18.0. The molecular formula is C18H24FN3O2. The zero-order valence-electron chi connectivity index (χ0n) is 14.3. The maximum absolute atomic E-state index is 13.3. The minimum Gasteiger partial charge on any atom is -0.466 e. The number of aliphatic hydroxyl groups is 1. The van der Waals surface area contributed by atoms with Crippen molar-refractivity contribution in [2.24, 2.45) is 4.99 Å². The minimum absolute atomic E-state index is 0.149. The summed E-state index contributed by atoms with van der Waals surface area (Å²) in [4.78, 5) is 6.37. The van der Waals surface area contributed by atoms with E-state index in [1.54, 1.807) is 25.1 Å². The fourth-order valence-electron chi connectivity index (χ4n) is 2.35. The number of benzene rings is 1. The van der Waals surface area contributed by atoms with Gasteiger partial charge < -0.3 is 19.7 Å². The smallest absolute Gasteiger partial charge is 0.194 e. The molecular weight excluding hydrogens is 309 g/mol. The van der Waals surface area contributed by atoms with Crippen LogP contribution in [0.5, 0.6) is 0 Å². The standard InChI is InChI=1S/C18H24FN3O2/c1-4-20-17(21-13-18(2,23)16-9-6-10-24-16)22(3)12-14-7-5-8-15(19)11-14/h5-11,23H,4,12-13H2,1-3H3,(H,20,21). The SMILES string of the molecule is CCNC(=NCC(C)(O)c1ccco1)N(C)Cc1cccc(F)c1. The third-order valence-electron chi connectivity index (χ3n) is 3.59. The Balaban J connectivity index is 2.09. The Morgan fingerprint density at radius 1 is 1.38 bits per heavy atom. The molecule has 0 spiro atoms. The van der Waals surface area contributed by atoms with Gasteiger partial charge in [0.25, 0.3) is 0 Å². The first-order valence-corrected chi connectivity index (χ1v) is 7.92. The van der Waals surface area contributed by atoms with E-state index in [0.29, 0.717) is 24.8 Å². The third kappa shape index (κ3) is 4.83. The Morgan fingerprint density at radius 2 is 2.17 bits per heavy atom. The summed E-state index contributed by atoms with van der Waals surface area (Å²) in [7, 11) is 1.87. The van der Waals surface area contributed by atoms with E-state index in [0.717, 1.165) is 5.56 Å². The topological polar surface area (TPSA) is 61.0 Å². The highest BCUT2D eigenvalue weighted by Gasteiger charge is 2.26. The molecule has 0 aliphatic rings. The number of aliphatic imine (C=N–C) groups is 1. The Morgan fingerprint density at radius 3 is 2.79 bits per heavy atom. The van der Waals surface area contributed by atoms with E-state index >= 15 is 0 Å². The van der Waals surface area contributed by atoms with E-state index in [4.69, 9.17) is 4.42 Å². The fraction of sp³-hybridized carbons (Fsp3) is 0.389. The zero-order chi connectivity index (χ0) is 17.6. The molecule has 1 heterocycles. The number of hydrogen-bond donors (Lipinski definition) is 2. The summed E-state index contributed by atoms with van der Waals surface area (Å²) in [6.07, 6.45) is 1.52. The number of furan rings is 1. The summed E-state index contributed by atoms with van der Waals surface area (Å²) < 4.78 is 18.6. The van der Waals surface area contributed by atoms with Gasteiger partial charge in [0.05, 0.1) is 12.8 Å². The van der Waals surface area contributed by atoms with Crippen LogP contribution in [0.4, 0.5) is 4.39 Å². The molecule has 5 nitrogen and oxygen atoms in total. The Hall–Kier alpha value is -2.34. The van der Waals surface area contributed by atoms with Crippen molar-refractivity contribution in [2.75, 3.05) is 20.1 Å². The second-order valence-corrected chi connectivity index (χ2v) is 5.91. The molecule has 1 atom stereocenters. The van der Waals surface area contributed by atoms with Gasteiger partial charge in [-0.05, 0) is 43.7 Å².